The molecule has 8 nitrogen and oxygen atoms in total. The smallest absolute Gasteiger partial charge is 0.412 e. The zero-order valence-corrected chi connectivity index (χ0v) is 16.0. The van der Waals surface area contributed by atoms with Crippen molar-refractivity contribution in [1.82, 2.24) is 30.0 Å². The van der Waals surface area contributed by atoms with Crippen molar-refractivity contribution in [2.24, 2.45) is 0 Å². The van der Waals surface area contributed by atoms with Crippen molar-refractivity contribution in [2.75, 3.05) is 0 Å². The molecule has 0 saturated carbocycles. The van der Waals surface area contributed by atoms with Crippen molar-refractivity contribution in [1.29, 1.82) is 0 Å². The van der Waals surface area contributed by atoms with Crippen LogP contribution in [0.3, 0.4) is 0 Å². The number of halogens is 3. The van der Waals surface area contributed by atoms with Gasteiger partial charge in [0.15, 0.2) is 11.8 Å². The molecule has 1 N–H and O–H groups in total. The van der Waals surface area contributed by atoms with Gasteiger partial charge in [0.25, 0.3) is 11.9 Å². The highest BCUT2D eigenvalue weighted by molar-refractivity contribution is 5.95. The number of hydrogen-bond donors (Lipinski definition) is 1. The lowest BCUT2D eigenvalue weighted by Gasteiger charge is -2.21. The first-order chi connectivity index (χ1) is 14.8. The topological polar surface area (TPSA) is 98.7 Å². The SMILES string of the molecule is Cc1c(C(=O)NC(c2cccnc2)C(F)(F)F)cnn1-c1nccc(-c2ccco2)n1. The molecule has 0 bridgehead atoms. The predicted molar refractivity (Wildman–Crippen MR) is 102 cm³/mol. The molecule has 0 aliphatic carbocycles. The Kier molecular flexibility index (Phi) is 5.24. The van der Waals surface area contributed by atoms with Crippen LogP contribution in [0.25, 0.3) is 17.4 Å². The first kappa shape index (κ1) is 20.3. The second kappa shape index (κ2) is 8.01. The third-order valence-corrected chi connectivity index (χ3v) is 4.48. The van der Waals surface area contributed by atoms with Crippen LogP contribution >= 0.6 is 0 Å². The standard InChI is InChI=1S/C20H15F3N6O2/c1-12-14(18(30)28-17(20(21,22)23)13-4-2-7-24-10-13)11-26-29(12)19-25-8-6-15(27-19)16-5-3-9-31-16/h2-11,17H,1H3,(H,28,30). The van der Waals surface area contributed by atoms with E-state index in [1.807, 2.05) is 5.32 Å². The molecule has 0 aliphatic rings. The van der Waals surface area contributed by atoms with E-state index in [1.165, 1.54) is 48.6 Å². The molecule has 0 spiro atoms. The zero-order valence-electron chi connectivity index (χ0n) is 16.0. The molecule has 0 saturated heterocycles. The summed E-state index contributed by atoms with van der Waals surface area (Å²) in [6.45, 7) is 1.54. The van der Waals surface area contributed by atoms with Gasteiger partial charge < -0.3 is 9.73 Å². The molecule has 158 valence electrons. The van der Waals surface area contributed by atoms with E-state index in [0.717, 1.165) is 6.20 Å². The van der Waals surface area contributed by atoms with Crippen LogP contribution in [0.2, 0.25) is 0 Å². The Balaban J connectivity index is 1.62. The maximum absolute atomic E-state index is 13.5. The predicted octanol–water partition coefficient (Wildman–Crippen LogP) is 3.66. The summed E-state index contributed by atoms with van der Waals surface area (Å²) < 4.78 is 47.2. The monoisotopic (exact) mass is 428 g/mol. The molecular formula is C20H15F3N6O2. The first-order valence-corrected chi connectivity index (χ1v) is 9.04. The first-order valence-electron chi connectivity index (χ1n) is 9.04. The molecule has 1 amide bonds. The Morgan fingerprint density at radius 2 is 2.00 bits per heavy atom. The number of aromatic nitrogens is 5. The van der Waals surface area contributed by atoms with Gasteiger partial charge in [0, 0.05) is 24.2 Å². The lowest BCUT2D eigenvalue weighted by Crippen LogP contribution is -2.38. The number of nitrogens with one attached hydrogen (secondary N) is 1. The van der Waals surface area contributed by atoms with E-state index >= 15 is 0 Å². The van der Waals surface area contributed by atoms with E-state index in [-0.39, 0.29) is 22.8 Å². The Morgan fingerprint density at radius 3 is 2.68 bits per heavy atom. The molecular weight excluding hydrogens is 413 g/mol. The molecule has 1 unspecified atom stereocenters. The van der Waals surface area contributed by atoms with Gasteiger partial charge in [0.1, 0.15) is 5.69 Å². The van der Waals surface area contributed by atoms with Crippen LogP contribution in [0.15, 0.2) is 65.8 Å². The van der Waals surface area contributed by atoms with E-state index in [0.29, 0.717) is 11.5 Å². The van der Waals surface area contributed by atoms with Crippen LogP contribution in [-0.4, -0.2) is 36.8 Å². The Bertz CT molecular complexity index is 1190. The van der Waals surface area contributed by atoms with Gasteiger partial charge in [-0.3, -0.25) is 9.78 Å². The van der Waals surface area contributed by atoms with Crippen LogP contribution in [0, 0.1) is 6.92 Å². The van der Waals surface area contributed by atoms with Crippen LogP contribution in [-0.2, 0) is 0 Å². The van der Waals surface area contributed by atoms with Crippen LogP contribution in [0.5, 0.6) is 0 Å². The number of rotatable bonds is 5. The van der Waals surface area contributed by atoms with E-state index in [4.69, 9.17) is 4.42 Å². The molecule has 0 aliphatic heterocycles. The van der Waals surface area contributed by atoms with Gasteiger partial charge in [0.2, 0.25) is 0 Å². The second-order valence-electron chi connectivity index (χ2n) is 6.51. The summed E-state index contributed by atoms with van der Waals surface area (Å²) in [6.07, 6.45) is 1.86. The van der Waals surface area contributed by atoms with Gasteiger partial charge in [-0.1, -0.05) is 6.07 Å². The maximum Gasteiger partial charge on any atom is 0.412 e. The summed E-state index contributed by atoms with van der Waals surface area (Å²) >= 11 is 0. The third kappa shape index (κ3) is 4.15. The number of pyridine rings is 1. The summed E-state index contributed by atoms with van der Waals surface area (Å²) in [4.78, 5) is 24.8. The largest absolute Gasteiger partial charge is 0.463 e. The average molecular weight is 428 g/mol. The maximum atomic E-state index is 13.5. The second-order valence-corrected chi connectivity index (χ2v) is 6.51. The van der Waals surface area contributed by atoms with Gasteiger partial charge in [-0.05, 0) is 31.2 Å². The van der Waals surface area contributed by atoms with Gasteiger partial charge >= 0.3 is 6.18 Å². The van der Waals surface area contributed by atoms with E-state index in [9.17, 15) is 18.0 Å². The number of carbonyl (C=O) groups excluding carboxylic acids is 1. The number of hydrogen-bond acceptors (Lipinski definition) is 6. The Labute approximate surface area is 173 Å². The number of furan rings is 1. The van der Waals surface area contributed by atoms with E-state index in [2.05, 4.69) is 20.1 Å². The minimum Gasteiger partial charge on any atom is -0.463 e. The fourth-order valence-electron chi connectivity index (χ4n) is 2.96. The van der Waals surface area contributed by atoms with Gasteiger partial charge in [0.05, 0.1) is 23.7 Å². The molecule has 0 fully saturated rings. The summed E-state index contributed by atoms with van der Waals surface area (Å²) in [5.74, 6) is -0.280. The van der Waals surface area contributed by atoms with Crippen LogP contribution < -0.4 is 5.32 Å². The highest BCUT2D eigenvalue weighted by atomic mass is 19.4. The van der Waals surface area contributed by atoms with Gasteiger partial charge in [-0.2, -0.15) is 18.3 Å². The molecule has 4 aromatic heterocycles. The molecule has 11 heteroatoms. The van der Waals surface area contributed by atoms with Crippen molar-refractivity contribution < 1.29 is 22.4 Å². The van der Waals surface area contributed by atoms with E-state index in [1.54, 1.807) is 18.2 Å². The summed E-state index contributed by atoms with van der Waals surface area (Å²) in [5, 5.41) is 6.09. The molecule has 0 aromatic carbocycles. The summed E-state index contributed by atoms with van der Waals surface area (Å²) in [7, 11) is 0. The van der Waals surface area contributed by atoms with Crippen molar-refractivity contribution >= 4 is 5.91 Å². The summed E-state index contributed by atoms with van der Waals surface area (Å²) in [6, 6.07) is 5.46. The number of alkyl halides is 3. The van der Waals surface area contributed by atoms with Gasteiger partial charge in [-0.25, -0.2) is 14.6 Å². The highest BCUT2D eigenvalue weighted by Crippen LogP contribution is 2.32. The number of carbonyl (C=O) groups is 1. The van der Waals surface area contributed by atoms with Crippen LogP contribution in [0.1, 0.15) is 27.7 Å². The number of nitrogens with zero attached hydrogens (tertiary/aromatic N) is 5. The van der Waals surface area contributed by atoms with Crippen molar-refractivity contribution in [2.45, 2.75) is 19.1 Å². The molecule has 4 aromatic rings. The lowest BCUT2D eigenvalue weighted by atomic mass is 10.1. The Hall–Kier alpha value is -4.02. The molecule has 0 radical (unpaired) electrons. The Morgan fingerprint density at radius 1 is 1.16 bits per heavy atom. The van der Waals surface area contributed by atoms with Crippen LogP contribution in [0.4, 0.5) is 13.2 Å². The third-order valence-electron chi connectivity index (χ3n) is 4.48. The molecule has 1 atom stereocenters. The average Bonchev–Trinajstić information content (AvgIpc) is 3.42. The van der Waals surface area contributed by atoms with E-state index < -0.39 is 18.1 Å². The van der Waals surface area contributed by atoms with Gasteiger partial charge in [-0.15, -0.1) is 0 Å². The fraction of sp³-hybridized carbons (Fsp3) is 0.150. The lowest BCUT2D eigenvalue weighted by molar-refractivity contribution is -0.155. The van der Waals surface area contributed by atoms with Crippen molar-refractivity contribution in [3.63, 3.8) is 0 Å². The normalized spacial score (nSPS) is 12.5. The molecule has 4 rings (SSSR count). The minimum atomic E-state index is -4.71. The molecule has 31 heavy (non-hydrogen) atoms. The fourth-order valence-corrected chi connectivity index (χ4v) is 2.96. The quantitative estimate of drug-likeness (QED) is 0.521. The van der Waals surface area contributed by atoms with Crippen molar-refractivity contribution in [3.05, 3.63) is 78.2 Å². The minimum absolute atomic E-state index is 0.0369. The summed E-state index contributed by atoms with van der Waals surface area (Å²) in [5.41, 5.74) is 0.554. The highest BCUT2D eigenvalue weighted by Gasteiger charge is 2.42. The zero-order chi connectivity index (χ0) is 22.0. The van der Waals surface area contributed by atoms with Crippen molar-refractivity contribution in [3.8, 4) is 17.4 Å². The number of amides is 1. The molecule has 4 heterocycles.